The molecule has 0 aromatic heterocycles. The van der Waals surface area contributed by atoms with Crippen LogP contribution in [0.15, 0.2) is 30.3 Å². The Kier molecular flexibility index (Phi) is 1.99. The standard InChI is InChI=1S/C6H8FP/c7-8-6-4-2-1-3-5-6/h1-5H,8H3. The number of benzene rings is 1. The summed E-state index contributed by atoms with van der Waals surface area (Å²) in [6.45, 7) is 0. The molecule has 1 rings (SSSR count). The summed E-state index contributed by atoms with van der Waals surface area (Å²) in [5.74, 6) is 0. The molecule has 0 radical (unpaired) electrons. The summed E-state index contributed by atoms with van der Waals surface area (Å²) in [5, 5.41) is 0.882. The fraction of sp³-hybridized carbons (Fsp3) is 0. The van der Waals surface area contributed by atoms with Crippen LogP contribution in [0.25, 0.3) is 0 Å². The molecule has 0 nitrogen and oxygen atoms in total. The van der Waals surface area contributed by atoms with Gasteiger partial charge in [-0.05, 0) is 0 Å². The number of hydrogen-bond acceptors (Lipinski definition) is 0. The van der Waals surface area contributed by atoms with Gasteiger partial charge in [-0.25, -0.2) is 0 Å². The van der Waals surface area contributed by atoms with Gasteiger partial charge in [0, 0.05) is 0 Å². The van der Waals surface area contributed by atoms with Gasteiger partial charge in [0.1, 0.15) is 0 Å². The maximum absolute atomic E-state index is 11.9. The Morgan fingerprint density at radius 2 is 1.75 bits per heavy atom. The zero-order chi connectivity index (χ0) is 5.82. The van der Waals surface area contributed by atoms with Crippen molar-refractivity contribution in [2.75, 3.05) is 0 Å². The van der Waals surface area contributed by atoms with E-state index in [1.165, 1.54) is 0 Å². The monoisotopic (exact) mass is 130 g/mol. The van der Waals surface area contributed by atoms with Crippen molar-refractivity contribution in [2.24, 2.45) is 0 Å². The molecule has 0 aliphatic carbocycles. The van der Waals surface area contributed by atoms with Crippen molar-refractivity contribution in [3.05, 3.63) is 30.3 Å². The van der Waals surface area contributed by atoms with Crippen molar-refractivity contribution >= 4 is 14.2 Å². The topological polar surface area (TPSA) is 0 Å². The van der Waals surface area contributed by atoms with Crippen LogP contribution in [0.1, 0.15) is 0 Å². The second-order valence-corrected chi connectivity index (χ2v) is 2.70. The summed E-state index contributed by atoms with van der Waals surface area (Å²) in [6, 6.07) is 9.27. The van der Waals surface area contributed by atoms with E-state index in [0.29, 0.717) is 0 Å². The minimum absolute atomic E-state index is 0.882. The Balaban J connectivity index is 2.83. The quantitative estimate of drug-likeness (QED) is 0.503. The van der Waals surface area contributed by atoms with Gasteiger partial charge in [0.15, 0.2) is 0 Å². The molecule has 0 unspecified atom stereocenters. The third-order valence-corrected chi connectivity index (χ3v) is 1.78. The number of hydrogen-bond donors (Lipinski definition) is 0. The SMILES string of the molecule is F[PH3]c1ccccc1. The average Bonchev–Trinajstić information content (AvgIpc) is 1.90. The summed E-state index contributed by atoms with van der Waals surface area (Å²) < 4.78 is 11.9. The van der Waals surface area contributed by atoms with Crippen LogP contribution in [0.5, 0.6) is 0 Å². The van der Waals surface area contributed by atoms with Gasteiger partial charge < -0.3 is 0 Å². The van der Waals surface area contributed by atoms with Crippen molar-refractivity contribution in [2.45, 2.75) is 0 Å². The predicted octanol–water partition coefficient (Wildman–Crippen LogP) is 1.34. The van der Waals surface area contributed by atoms with E-state index in [4.69, 9.17) is 0 Å². The van der Waals surface area contributed by atoms with Crippen molar-refractivity contribution in [1.29, 1.82) is 0 Å². The van der Waals surface area contributed by atoms with Crippen LogP contribution < -0.4 is 5.30 Å². The Morgan fingerprint density at radius 3 is 2.12 bits per heavy atom. The summed E-state index contributed by atoms with van der Waals surface area (Å²) >= 11 is 0. The zero-order valence-corrected chi connectivity index (χ0v) is 5.89. The van der Waals surface area contributed by atoms with E-state index in [1.807, 2.05) is 30.3 Å². The molecule has 1 aromatic carbocycles. The number of rotatable bonds is 1. The molecule has 0 spiro atoms. The van der Waals surface area contributed by atoms with Crippen LogP contribution >= 0.6 is 8.89 Å². The Morgan fingerprint density at radius 1 is 1.12 bits per heavy atom. The summed E-state index contributed by atoms with van der Waals surface area (Å²) in [4.78, 5) is 0. The molecule has 0 bridgehead atoms. The van der Waals surface area contributed by atoms with Gasteiger partial charge >= 0.3 is 48.7 Å². The van der Waals surface area contributed by atoms with Crippen molar-refractivity contribution < 1.29 is 4.20 Å². The van der Waals surface area contributed by atoms with E-state index in [2.05, 4.69) is 0 Å². The van der Waals surface area contributed by atoms with Crippen molar-refractivity contribution in [1.82, 2.24) is 0 Å². The van der Waals surface area contributed by atoms with Crippen LogP contribution in [0.3, 0.4) is 0 Å². The molecule has 0 fully saturated rings. The first kappa shape index (κ1) is 5.71. The van der Waals surface area contributed by atoms with Gasteiger partial charge in [0.05, 0.1) is 0 Å². The van der Waals surface area contributed by atoms with Crippen molar-refractivity contribution in [3.63, 3.8) is 0 Å². The molecule has 1 aromatic rings. The summed E-state index contributed by atoms with van der Waals surface area (Å²) in [6.07, 6.45) is 0. The molecule has 2 heteroatoms. The second kappa shape index (κ2) is 2.78. The van der Waals surface area contributed by atoms with Gasteiger partial charge in [0.2, 0.25) is 0 Å². The Bertz CT molecular complexity index is 150. The molecule has 44 valence electrons. The first-order chi connectivity index (χ1) is 3.93. The molecule has 0 atom stereocenters. The molecular formula is C6H8FP. The molecule has 0 N–H and O–H groups in total. The first-order valence-corrected chi connectivity index (χ1v) is 3.77. The molecule has 0 heterocycles. The summed E-state index contributed by atoms with van der Waals surface area (Å²) in [7, 11) is -1.41. The molecule has 0 saturated carbocycles. The molecule has 0 aliphatic rings. The average molecular weight is 130 g/mol. The van der Waals surface area contributed by atoms with Crippen LogP contribution in [0.4, 0.5) is 4.20 Å². The van der Waals surface area contributed by atoms with E-state index in [0.717, 1.165) is 5.30 Å². The minimum atomic E-state index is -1.41. The Labute approximate surface area is 49.6 Å². The first-order valence-electron chi connectivity index (χ1n) is 2.53. The van der Waals surface area contributed by atoms with Gasteiger partial charge in [0.25, 0.3) is 0 Å². The van der Waals surface area contributed by atoms with E-state index >= 15 is 0 Å². The fourth-order valence-corrected chi connectivity index (χ4v) is 1.02. The van der Waals surface area contributed by atoms with Crippen LogP contribution in [0.2, 0.25) is 0 Å². The van der Waals surface area contributed by atoms with Gasteiger partial charge in [-0.3, -0.25) is 0 Å². The van der Waals surface area contributed by atoms with Crippen LogP contribution in [-0.4, -0.2) is 0 Å². The molecule has 0 aliphatic heterocycles. The van der Waals surface area contributed by atoms with E-state index in [1.54, 1.807) is 0 Å². The fourth-order valence-electron chi connectivity index (χ4n) is 0.567. The zero-order valence-electron chi connectivity index (χ0n) is 4.47. The second-order valence-electron chi connectivity index (χ2n) is 1.62. The van der Waals surface area contributed by atoms with Crippen molar-refractivity contribution in [3.8, 4) is 0 Å². The van der Waals surface area contributed by atoms with Gasteiger partial charge in [-0.15, -0.1) is 0 Å². The molecule has 8 heavy (non-hydrogen) atoms. The van der Waals surface area contributed by atoms with Gasteiger partial charge in [-0.2, -0.15) is 0 Å². The number of halogens is 1. The van der Waals surface area contributed by atoms with Crippen LogP contribution in [-0.2, 0) is 0 Å². The van der Waals surface area contributed by atoms with E-state index in [9.17, 15) is 4.20 Å². The third-order valence-electron chi connectivity index (χ3n) is 0.997. The normalized spacial score (nSPS) is 9.62. The molecular weight excluding hydrogens is 122 g/mol. The molecule has 0 saturated heterocycles. The van der Waals surface area contributed by atoms with E-state index < -0.39 is 8.89 Å². The summed E-state index contributed by atoms with van der Waals surface area (Å²) in [5.41, 5.74) is 0. The van der Waals surface area contributed by atoms with E-state index in [-0.39, 0.29) is 0 Å². The van der Waals surface area contributed by atoms with Gasteiger partial charge in [-0.1, -0.05) is 0 Å². The maximum atomic E-state index is 11.9. The van der Waals surface area contributed by atoms with Crippen LogP contribution in [0, 0.1) is 0 Å². The predicted molar refractivity (Wildman–Crippen MR) is 38.3 cm³/mol. The molecule has 0 amide bonds. The Hall–Kier alpha value is -0.420. The third kappa shape index (κ3) is 1.28.